The number of para-hydroxylation sites is 1. The molecule has 5 nitrogen and oxygen atoms in total. The second kappa shape index (κ2) is 7.68. The van der Waals surface area contributed by atoms with Crippen LogP contribution in [0.3, 0.4) is 0 Å². The van der Waals surface area contributed by atoms with Crippen LogP contribution in [-0.2, 0) is 11.8 Å². The molecule has 0 unspecified atom stereocenters. The van der Waals surface area contributed by atoms with Crippen LogP contribution in [0, 0.1) is 0 Å². The van der Waals surface area contributed by atoms with Gasteiger partial charge in [0.25, 0.3) is 0 Å². The van der Waals surface area contributed by atoms with Crippen LogP contribution in [0.1, 0.15) is 31.9 Å². The molecule has 0 spiro atoms. The number of carbonyl (C=O) groups is 1. The van der Waals surface area contributed by atoms with Crippen molar-refractivity contribution in [1.82, 2.24) is 5.32 Å². The van der Waals surface area contributed by atoms with Crippen LogP contribution in [0.25, 0.3) is 0 Å². The van der Waals surface area contributed by atoms with Crippen molar-refractivity contribution in [3.05, 3.63) is 53.6 Å². The fourth-order valence-corrected chi connectivity index (χ4v) is 2.98. The summed E-state index contributed by atoms with van der Waals surface area (Å²) in [5.74, 6) is 1.56. The lowest BCUT2D eigenvalue weighted by atomic mass is 9.86. The fraction of sp³-hybridized carbons (Fsp3) is 0.381. The predicted molar refractivity (Wildman–Crippen MR) is 103 cm³/mol. The first kappa shape index (κ1) is 18.1. The minimum atomic E-state index is -0.195. The number of hydrogen-bond acceptors (Lipinski definition) is 3. The molecule has 0 saturated heterocycles. The molecule has 0 bridgehead atoms. The summed E-state index contributed by atoms with van der Waals surface area (Å²) in [4.78, 5) is 12.2. The number of ether oxygens (including phenoxy) is 2. The van der Waals surface area contributed by atoms with Gasteiger partial charge < -0.3 is 20.1 Å². The molecule has 0 radical (unpaired) electrons. The molecule has 1 aliphatic heterocycles. The van der Waals surface area contributed by atoms with Crippen molar-refractivity contribution < 1.29 is 14.3 Å². The van der Waals surface area contributed by atoms with Crippen molar-refractivity contribution in [3.8, 4) is 11.5 Å². The minimum Gasteiger partial charge on any atom is -0.486 e. The Morgan fingerprint density at radius 2 is 1.77 bits per heavy atom. The number of amides is 2. The van der Waals surface area contributed by atoms with E-state index in [0.29, 0.717) is 19.8 Å². The van der Waals surface area contributed by atoms with Gasteiger partial charge in [-0.2, -0.15) is 0 Å². The summed E-state index contributed by atoms with van der Waals surface area (Å²) in [5, 5.41) is 5.87. The molecule has 2 N–H and O–H groups in total. The average Bonchev–Trinajstić information content (AvgIpc) is 2.61. The third-order valence-electron chi connectivity index (χ3n) is 4.29. The Morgan fingerprint density at radius 3 is 2.54 bits per heavy atom. The molecule has 138 valence electrons. The van der Waals surface area contributed by atoms with Crippen molar-refractivity contribution in [2.24, 2.45) is 0 Å². The van der Waals surface area contributed by atoms with Crippen molar-refractivity contribution in [2.75, 3.05) is 25.1 Å². The van der Waals surface area contributed by atoms with Gasteiger partial charge in [-0.3, -0.25) is 0 Å². The van der Waals surface area contributed by atoms with Gasteiger partial charge in [-0.1, -0.05) is 45.0 Å². The molecule has 0 aromatic heterocycles. The number of urea groups is 1. The molecule has 1 aliphatic rings. The van der Waals surface area contributed by atoms with Gasteiger partial charge in [0.15, 0.2) is 11.5 Å². The first-order chi connectivity index (χ1) is 12.4. The highest BCUT2D eigenvalue weighted by Crippen LogP contribution is 2.31. The monoisotopic (exact) mass is 354 g/mol. The third kappa shape index (κ3) is 4.48. The molecule has 5 heteroatoms. The Kier molecular flexibility index (Phi) is 5.35. The summed E-state index contributed by atoms with van der Waals surface area (Å²) in [5.41, 5.74) is 3.03. The van der Waals surface area contributed by atoms with Gasteiger partial charge in [-0.25, -0.2) is 4.79 Å². The molecule has 26 heavy (non-hydrogen) atoms. The second-order valence-electron chi connectivity index (χ2n) is 7.40. The van der Waals surface area contributed by atoms with Crippen LogP contribution in [0.2, 0.25) is 0 Å². The van der Waals surface area contributed by atoms with E-state index in [1.807, 2.05) is 42.5 Å². The number of fused-ring (bicyclic) bond motifs is 1. The molecule has 0 aliphatic carbocycles. The molecule has 1 heterocycles. The number of hydrogen-bond donors (Lipinski definition) is 2. The van der Waals surface area contributed by atoms with Gasteiger partial charge >= 0.3 is 6.03 Å². The van der Waals surface area contributed by atoms with Crippen molar-refractivity contribution in [2.45, 2.75) is 32.6 Å². The highest BCUT2D eigenvalue weighted by Gasteiger charge is 2.18. The standard InChI is InChI=1S/C21H26N2O3/c1-21(2,3)16-6-4-5-7-17(16)23-20(24)22-11-10-15-8-9-18-19(14-15)26-13-12-25-18/h4-9,14H,10-13H2,1-3H3,(H2,22,23,24). The summed E-state index contributed by atoms with van der Waals surface area (Å²) < 4.78 is 11.1. The van der Waals surface area contributed by atoms with Crippen LogP contribution in [0.15, 0.2) is 42.5 Å². The van der Waals surface area contributed by atoms with E-state index in [2.05, 4.69) is 31.4 Å². The van der Waals surface area contributed by atoms with Crippen LogP contribution in [-0.4, -0.2) is 25.8 Å². The van der Waals surface area contributed by atoms with Gasteiger partial charge in [0.2, 0.25) is 0 Å². The SMILES string of the molecule is CC(C)(C)c1ccccc1NC(=O)NCCc1ccc2c(c1)OCCO2. The fourth-order valence-electron chi connectivity index (χ4n) is 2.98. The molecule has 0 fully saturated rings. The van der Waals surface area contributed by atoms with Crippen LogP contribution >= 0.6 is 0 Å². The average molecular weight is 354 g/mol. The molecule has 3 rings (SSSR count). The smallest absolute Gasteiger partial charge is 0.319 e. The van der Waals surface area contributed by atoms with E-state index >= 15 is 0 Å². The third-order valence-corrected chi connectivity index (χ3v) is 4.29. The Morgan fingerprint density at radius 1 is 1.04 bits per heavy atom. The van der Waals surface area contributed by atoms with Crippen molar-refractivity contribution in [3.63, 3.8) is 0 Å². The van der Waals surface area contributed by atoms with E-state index in [4.69, 9.17) is 9.47 Å². The summed E-state index contributed by atoms with van der Waals surface area (Å²) >= 11 is 0. The van der Waals surface area contributed by atoms with Gasteiger partial charge in [-0.05, 0) is 41.2 Å². The zero-order valence-electron chi connectivity index (χ0n) is 15.6. The Bertz CT molecular complexity index is 781. The van der Waals surface area contributed by atoms with E-state index in [1.54, 1.807) is 0 Å². The van der Waals surface area contributed by atoms with Crippen LogP contribution in [0.4, 0.5) is 10.5 Å². The summed E-state index contributed by atoms with van der Waals surface area (Å²) in [6, 6.07) is 13.6. The van der Waals surface area contributed by atoms with E-state index in [0.717, 1.165) is 34.7 Å². The minimum absolute atomic E-state index is 0.0327. The Hall–Kier alpha value is -2.69. The van der Waals surface area contributed by atoms with Crippen molar-refractivity contribution in [1.29, 1.82) is 0 Å². The highest BCUT2D eigenvalue weighted by atomic mass is 16.6. The maximum absolute atomic E-state index is 12.2. The lowest BCUT2D eigenvalue weighted by Gasteiger charge is -2.23. The lowest BCUT2D eigenvalue weighted by Crippen LogP contribution is -2.31. The summed E-state index contributed by atoms with van der Waals surface area (Å²) in [6.45, 7) is 8.10. The number of benzene rings is 2. The normalized spacial score (nSPS) is 13.2. The first-order valence-corrected chi connectivity index (χ1v) is 8.96. The van der Waals surface area contributed by atoms with E-state index in [-0.39, 0.29) is 11.4 Å². The molecule has 2 amide bonds. The van der Waals surface area contributed by atoms with Gasteiger partial charge in [0.05, 0.1) is 0 Å². The van der Waals surface area contributed by atoms with Crippen LogP contribution in [0.5, 0.6) is 11.5 Å². The largest absolute Gasteiger partial charge is 0.486 e. The van der Waals surface area contributed by atoms with Gasteiger partial charge in [0, 0.05) is 12.2 Å². The lowest BCUT2D eigenvalue weighted by molar-refractivity contribution is 0.171. The number of carbonyl (C=O) groups excluding carboxylic acids is 1. The molecule has 0 atom stereocenters. The van der Waals surface area contributed by atoms with Gasteiger partial charge in [-0.15, -0.1) is 0 Å². The first-order valence-electron chi connectivity index (χ1n) is 8.96. The molecule has 0 saturated carbocycles. The van der Waals surface area contributed by atoms with E-state index < -0.39 is 0 Å². The number of nitrogens with one attached hydrogen (secondary N) is 2. The maximum Gasteiger partial charge on any atom is 0.319 e. The number of rotatable bonds is 4. The quantitative estimate of drug-likeness (QED) is 0.868. The maximum atomic E-state index is 12.2. The van der Waals surface area contributed by atoms with Gasteiger partial charge in [0.1, 0.15) is 13.2 Å². The Labute approximate surface area is 154 Å². The van der Waals surface area contributed by atoms with Crippen molar-refractivity contribution >= 4 is 11.7 Å². The topological polar surface area (TPSA) is 59.6 Å². The molecular formula is C21H26N2O3. The van der Waals surface area contributed by atoms with E-state index in [1.165, 1.54) is 0 Å². The summed E-state index contributed by atoms with van der Waals surface area (Å²) in [6.07, 6.45) is 0.727. The molecule has 2 aromatic rings. The summed E-state index contributed by atoms with van der Waals surface area (Å²) in [7, 11) is 0. The molecule has 2 aromatic carbocycles. The second-order valence-corrected chi connectivity index (χ2v) is 7.40. The zero-order valence-corrected chi connectivity index (χ0v) is 15.6. The van der Waals surface area contributed by atoms with Crippen LogP contribution < -0.4 is 20.1 Å². The van der Waals surface area contributed by atoms with E-state index in [9.17, 15) is 4.79 Å². The molecular weight excluding hydrogens is 328 g/mol. The Balaban J connectivity index is 1.54. The number of anilines is 1. The zero-order chi connectivity index (χ0) is 18.6. The highest BCUT2D eigenvalue weighted by molar-refractivity contribution is 5.90. The predicted octanol–water partition coefficient (Wildman–Crippen LogP) is 4.12.